The Labute approximate surface area is 252 Å². The molecule has 232 valence electrons. The van der Waals surface area contributed by atoms with E-state index in [-0.39, 0.29) is 24.4 Å². The minimum absolute atomic E-state index is 0.155. The molecule has 0 saturated carbocycles. The molecule has 3 aromatic carbocycles. The second kappa shape index (κ2) is 14.4. The molecule has 0 amide bonds. The summed E-state index contributed by atoms with van der Waals surface area (Å²) in [7, 11) is 1.53. The van der Waals surface area contributed by atoms with Crippen LogP contribution in [0.25, 0.3) is 11.1 Å². The van der Waals surface area contributed by atoms with Gasteiger partial charge in [0.25, 0.3) is 0 Å². The quantitative estimate of drug-likeness (QED) is 0.163. The Morgan fingerprint density at radius 2 is 1.77 bits per heavy atom. The van der Waals surface area contributed by atoms with Gasteiger partial charge in [-0.05, 0) is 96.6 Å². The van der Waals surface area contributed by atoms with Gasteiger partial charge in [-0.15, -0.1) is 0 Å². The molecule has 1 aliphatic heterocycles. The van der Waals surface area contributed by atoms with Crippen molar-refractivity contribution in [3.63, 3.8) is 0 Å². The maximum absolute atomic E-state index is 13.6. The van der Waals surface area contributed by atoms with Crippen molar-refractivity contribution < 1.29 is 31.8 Å². The van der Waals surface area contributed by atoms with Crippen molar-refractivity contribution in [3.8, 4) is 16.9 Å². The summed E-state index contributed by atoms with van der Waals surface area (Å²) >= 11 is 0. The fraction of sp³-hybridized carbons (Fsp3) is 0.457. The van der Waals surface area contributed by atoms with E-state index in [2.05, 4.69) is 24.8 Å². The maximum Gasteiger partial charge on any atom is 0.416 e. The Bertz CT molecular complexity index is 1370. The van der Waals surface area contributed by atoms with Gasteiger partial charge in [0.2, 0.25) is 0 Å². The summed E-state index contributed by atoms with van der Waals surface area (Å²) in [4.78, 5) is 15.5. The zero-order valence-electron chi connectivity index (χ0n) is 25.3. The van der Waals surface area contributed by atoms with Crippen LogP contribution < -0.4 is 4.74 Å². The SMILES string of the molecule is CCOC(=O)C(CC(C)C)c1cc(-c2ccc(C(F)(F)F)cc2)cc(C2CCCN(Cc3ccc(OC)c(CF)c3)C2)c1. The number of piperidine rings is 1. The first-order valence-corrected chi connectivity index (χ1v) is 15.0. The van der Waals surface area contributed by atoms with Crippen LogP contribution in [0.1, 0.15) is 79.7 Å². The molecule has 4 nitrogen and oxygen atoms in total. The molecule has 8 heteroatoms. The number of likely N-dealkylation sites (tertiary alicyclic amines) is 1. The van der Waals surface area contributed by atoms with E-state index < -0.39 is 24.3 Å². The average Bonchev–Trinajstić information content (AvgIpc) is 2.99. The molecule has 1 saturated heterocycles. The van der Waals surface area contributed by atoms with E-state index in [1.165, 1.54) is 19.2 Å². The lowest BCUT2D eigenvalue weighted by atomic mass is 9.83. The topological polar surface area (TPSA) is 38.8 Å². The highest BCUT2D eigenvalue weighted by Crippen LogP contribution is 2.37. The highest BCUT2D eigenvalue weighted by molar-refractivity contribution is 5.79. The third-order valence-electron chi connectivity index (χ3n) is 8.08. The molecular formula is C35H41F4NO3. The Balaban J connectivity index is 1.69. The van der Waals surface area contributed by atoms with Crippen LogP contribution in [-0.2, 0) is 28.9 Å². The van der Waals surface area contributed by atoms with E-state index in [9.17, 15) is 22.4 Å². The van der Waals surface area contributed by atoms with Gasteiger partial charge in [-0.25, -0.2) is 4.39 Å². The van der Waals surface area contributed by atoms with E-state index in [0.717, 1.165) is 60.3 Å². The Hall–Kier alpha value is -3.39. The summed E-state index contributed by atoms with van der Waals surface area (Å²) in [5.74, 6) is 0.151. The highest BCUT2D eigenvalue weighted by Gasteiger charge is 2.31. The smallest absolute Gasteiger partial charge is 0.416 e. The molecule has 0 N–H and O–H groups in total. The van der Waals surface area contributed by atoms with E-state index >= 15 is 0 Å². The number of hydrogen-bond acceptors (Lipinski definition) is 4. The molecule has 43 heavy (non-hydrogen) atoms. The molecule has 0 spiro atoms. The molecule has 1 fully saturated rings. The summed E-state index contributed by atoms with van der Waals surface area (Å²) in [5, 5.41) is 0. The number of esters is 1. The standard InChI is InChI=1S/C35H41F4NO3/c1-5-43-34(41)32(15-23(2)3)29-18-27(25-9-11-31(12-10-25)35(37,38)39)17-28(19-29)26-7-6-14-40(22-26)21-24-8-13-33(42-4)30(16-24)20-36/h8-13,16-19,23,26,32H,5-7,14-15,20-22H2,1-4H3. The molecule has 1 heterocycles. The van der Waals surface area contributed by atoms with Gasteiger partial charge in [-0.2, -0.15) is 13.2 Å². The lowest BCUT2D eigenvalue weighted by Gasteiger charge is -2.34. The van der Waals surface area contributed by atoms with Gasteiger partial charge in [0.1, 0.15) is 12.4 Å². The van der Waals surface area contributed by atoms with E-state index in [1.54, 1.807) is 13.0 Å². The summed E-state index contributed by atoms with van der Waals surface area (Å²) in [6.45, 7) is 7.89. The average molecular weight is 600 g/mol. The van der Waals surface area contributed by atoms with Gasteiger partial charge >= 0.3 is 12.1 Å². The van der Waals surface area contributed by atoms with Crippen molar-refractivity contribution in [3.05, 3.63) is 88.5 Å². The van der Waals surface area contributed by atoms with Crippen molar-refractivity contribution in [2.45, 2.75) is 71.3 Å². The minimum atomic E-state index is -4.42. The van der Waals surface area contributed by atoms with Crippen LogP contribution in [0.15, 0.2) is 60.7 Å². The predicted octanol–water partition coefficient (Wildman–Crippen LogP) is 8.92. The van der Waals surface area contributed by atoms with Crippen molar-refractivity contribution >= 4 is 5.97 Å². The van der Waals surface area contributed by atoms with Gasteiger partial charge in [0, 0.05) is 18.7 Å². The molecule has 2 unspecified atom stereocenters. The molecule has 0 radical (unpaired) electrons. The number of carbonyl (C=O) groups is 1. The van der Waals surface area contributed by atoms with Crippen LogP contribution in [0.4, 0.5) is 17.6 Å². The summed E-state index contributed by atoms with van der Waals surface area (Å²) in [5.41, 5.74) is 4.14. The molecule has 0 bridgehead atoms. The molecule has 0 aliphatic carbocycles. The van der Waals surface area contributed by atoms with Gasteiger partial charge in [-0.1, -0.05) is 50.2 Å². The maximum atomic E-state index is 13.6. The second-order valence-corrected chi connectivity index (χ2v) is 11.8. The molecule has 1 aliphatic rings. The van der Waals surface area contributed by atoms with E-state index in [4.69, 9.17) is 9.47 Å². The number of rotatable bonds is 11. The monoisotopic (exact) mass is 599 g/mol. The highest BCUT2D eigenvalue weighted by atomic mass is 19.4. The number of hydrogen-bond donors (Lipinski definition) is 0. The number of methoxy groups -OCH3 is 1. The Kier molecular flexibility index (Phi) is 10.9. The summed E-state index contributed by atoms with van der Waals surface area (Å²) in [6, 6.07) is 16.8. The van der Waals surface area contributed by atoms with Crippen molar-refractivity contribution in [1.82, 2.24) is 4.90 Å². The van der Waals surface area contributed by atoms with Crippen LogP contribution in [-0.4, -0.2) is 37.7 Å². The third kappa shape index (κ3) is 8.37. The Morgan fingerprint density at radius 3 is 2.40 bits per heavy atom. The van der Waals surface area contributed by atoms with Crippen LogP contribution in [0.2, 0.25) is 0 Å². The van der Waals surface area contributed by atoms with Crippen molar-refractivity contribution in [1.29, 1.82) is 0 Å². The van der Waals surface area contributed by atoms with E-state index in [1.807, 2.05) is 24.3 Å². The normalized spacial score (nSPS) is 16.7. The Morgan fingerprint density at radius 1 is 1.02 bits per heavy atom. The van der Waals surface area contributed by atoms with Gasteiger partial charge in [0.15, 0.2) is 0 Å². The lowest BCUT2D eigenvalue weighted by molar-refractivity contribution is -0.145. The molecule has 3 aromatic rings. The minimum Gasteiger partial charge on any atom is -0.496 e. The largest absolute Gasteiger partial charge is 0.496 e. The third-order valence-corrected chi connectivity index (χ3v) is 8.08. The van der Waals surface area contributed by atoms with Crippen LogP contribution in [0, 0.1) is 5.92 Å². The fourth-order valence-electron chi connectivity index (χ4n) is 5.98. The number of nitrogens with zero attached hydrogens (tertiary/aromatic N) is 1. The predicted molar refractivity (Wildman–Crippen MR) is 161 cm³/mol. The van der Waals surface area contributed by atoms with Crippen molar-refractivity contribution in [2.24, 2.45) is 5.92 Å². The molecule has 2 atom stereocenters. The van der Waals surface area contributed by atoms with Gasteiger partial charge in [0.05, 0.1) is 25.2 Å². The number of ether oxygens (including phenoxy) is 2. The number of carbonyl (C=O) groups excluding carboxylic acids is 1. The molecule has 4 rings (SSSR count). The van der Waals surface area contributed by atoms with Gasteiger partial charge < -0.3 is 9.47 Å². The van der Waals surface area contributed by atoms with Crippen LogP contribution >= 0.6 is 0 Å². The first-order valence-electron chi connectivity index (χ1n) is 15.0. The van der Waals surface area contributed by atoms with Crippen LogP contribution in [0.3, 0.4) is 0 Å². The van der Waals surface area contributed by atoms with Gasteiger partial charge in [-0.3, -0.25) is 9.69 Å². The first-order chi connectivity index (χ1) is 20.5. The number of alkyl halides is 4. The fourth-order valence-corrected chi connectivity index (χ4v) is 5.98. The zero-order valence-corrected chi connectivity index (χ0v) is 25.3. The van der Waals surface area contributed by atoms with Crippen molar-refractivity contribution in [2.75, 3.05) is 26.8 Å². The molecule has 0 aromatic heterocycles. The number of halogens is 4. The number of benzene rings is 3. The summed E-state index contributed by atoms with van der Waals surface area (Å²) in [6.07, 6.45) is -1.92. The second-order valence-electron chi connectivity index (χ2n) is 11.8. The zero-order chi connectivity index (χ0) is 31.1. The van der Waals surface area contributed by atoms with Crippen LogP contribution in [0.5, 0.6) is 5.75 Å². The summed E-state index contributed by atoms with van der Waals surface area (Å²) < 4.78 is 64.1. The lowest BCUT2D eigenvalue weighted by Crippen LogP contribution is -2.34. The molecular weight excluding hydrogens is 558 g/mol. The van der Waals surface area contributed by atoms with E-state index in [0.29, 0.717) is 29.8 Å². The first kappa shape index (κ1) is 32.5.